The predicted octanol–water partition coefficient (Wildman–Crippen LogP) is 2.13. The van der Waals surface area contributed by atoms with E-state index in [9.17, 15) is 4.79 Å². The number of carboxylic acid groups (broad SMARTS) is 1. The van der Waals surface area contributed by atoms with E-state index >= 15 is 0 Å². The predicted molar refractivity (Wildman–Crippen MR) is 62.4 cm³/mol. The highest BCUT2D eigenvalue weighted by Crippen LogP contribution is 2.32. The third-order valence-electron chi connectivity index (χ3n) is 3.20. The fourth-order valence-electron chi connectivity index (χ4n) is 2.20. The number of aryl methyl sites for hydroxylation is 1. The normalized spacial score (nSPS) is 19.5. The van der Waals surface area contributed by atoms with Gasteiger partial charge in [0.2, 0.25) is 0 Å². The van der Waals surface area contributed by atoms with E-state index in [2.05, 4.69) is 17.4 Å². The second kappa shape index (κ2) is 3.91. The van der Waals surface area contributed by atoms with Gasteiger partial charge in [-0.25, -0.2) is 0 Å². The Kier molecular flexibility index (Phi) is 2.72. The van der Waals surface area contributed by atoms with Crippen molar-refractivity contribution in [2.45, 2.75) is 38.3 Å². The largest absolute Gasteiger partial charge is 0.480 e. The smallest absolute Gasteiger partial charge is 0.323 e. The molecule has 1 aromatic carbocycles. The molecule has 3 nitrogen and oxygen atoms in total. The summed E-state index contributed by atoms with van der Waals surface area (Å²) >= 11 is 0. The van der Waals surface area contributed by atoms with Crippen molar-refractivity contribution in [1.82, 2.24) is 5.32 Å². The topological polar surface area (TPSA) is 49.3 Å². The maximum absolute atomic E-state index is 11.1. The van der Waals surface area contributed by atoms with Crippen LogP contribution in [0.4, 0.5) is 0 Å². The molecule has 0 spiro atoms. The first-order valence-electron chi connectivity index (χ1n) is 5.59. The molecule has 0 amide bonds. The molecule has 1 atom stereocenters. The van der Waals surface area contributed by atoms with Crippen LogP contribution in [0.1, 0.15) is 37.4 Å². The van der Waals surface area contributed by atoms with Crippen LogP contribution in [-0.2, 0) is 11.2 Å². The van der Waals surface area contributed by atoms with E-state index in [-0.39, 0.29) is 6.04 Å². The molecule has 0 aromatic heterocycles. The molecule has 1 unspecified atom stereocenters. The Morgan fingerprint density at radius 3 is 2.81 bits per heavy atom. The summed E-state index contributed by atoms with van der Waals surface area (Å²) in [5.74, 6) is -0.808. The summed E-state index contributed by atoms with van der Waals surface area (Å²) in [6.45, 7) is 3.41. The summed E-state index contributed by atoms with van der Waals surface area (Å²) < 4.78 is 0. The number of fused-ring (bicyclic) bond motifs is 1. The zero-order valence-electron chi connectivity index (χ0n) is 9.66. The van der Waals surface area contributed by atoms with Crippen molar-refractivity contribution < 1.29 is 9.90 Å². The van der Waals surface area contributed by atoms with Crippen LogP contribution >= 0.6 is 0 Å². The second-order valence-corrected chi connectivity index (χ2v) is 4.86. The molecule has 0 saturated carbocycles. The third-order valence-corrected chi connectivity index (χ3v) is 3.20. The number of hydrogen-bond donors (Lipinski definition) is 2. The number of nitrogens with one attached hydrogen (secondary N) is 1. The van der Waals surface area contributed by atoms with Crippen LogP contribution in [0.2, 0.25) is 0 Å². The van der Waals surface area contributed by atoms with E-state index in [4.69, 9.17) is 5.11 Å². The molecule has 1 aliphatic rings. The van der Waals surface area contributed by atoms with Crippen LogP contribution in [0, 0.1) is 0 Å². The average Bonchev–Trinajstić information content (AvgIpc) is 2.61. The summed E-state index contributed by atoms with van der Waals surface area (Å²) in [6, 6.07) is 8.40. The Morgan fingerprint density at radius 2 is 2.12 bits per heavy atom. The van der Waals surface area contributed by atoms with Crippen LogP contribution in [0.15, 0.2) is 24.3 Å². The van der Waals surface area contributed by atoms with Crippen molar-refractivity contribution >= 4 is 5.97 Å². The first-order valence-corrected chi connectivity index (χ1v) is 5.59. The van der Waals surface area contributed by atoms with E-state index in [1.807, 2.05) is 12.1 Å². The van der Waals surface area contributed by atoms with Crippen LogP contribution in [0.3, 0.4) is 0 Å². The lowest BCUT2D eigenvalue weighted by atomic mass is 10.0. The summed E-state index contributed by atoms with van der Waals surface area (Å²) in [7, 11) is 0. The molecule has 16 heavy (non-hydrogen) atoms. The van der Waals surface area contributed by atoms with Crippen LogP contribution < -0.4 is 5.32 Å². The van der Waals surface area contributed by atoms with Gasteiger partial charge in [0.25, 0.3) is 0 Å². The molecule has 3 heteroatoms. The molecule has 2 rings (SSSR count). The molecule has 0 bridgehead atoms. The summed E-state index contributed by atoms with van der Waals surface area (Å²) in [4.78, 5) is 11.1. The number of rotatable bonds is 3. The number of carbonyl (C=O) groups is 1. The van der Waals surface area contributed by atoms with Gasteiger partial charge in [-0.2, -0.15) is 0 Å². The van der Waals surface area contributed by atoms with Gasteiger partial charge in [0.1, 0.15) is 5.54 Å². The lowest BCUT2D eigenvalue weighted by Crippen LogP contribution is -2.47. The van der Waals surface area contributed by atoms with Crippen LogP contribution in [-0.4, -0.2) is 16.6 Å². The maximum Gasteiger partial charge on any atom is 0.323 e. The molecule has 2 N–H and O–H groups in total. The van der Waals surface area contributed by atoms with Gasteiger partial charge in [0.05, 0.1) is 0 Å². The Hall–Kier alpha value is -1.35. The fraction of sp³-hybridized carbons (Fsp3) is 0.462. The van der Waals surface area contributed by atoms with Crippen molar-refractivity contribution in [3.05, 3.63) is 35.4 Å². The molecule has 0 fully saturated rings. The number of benzene rings is 1. The van der Waals surface area contributed by atoms with Gasteiger partial charge in [-0.3, -0.25) is 10.1 Å². The lowest BCUT2D eigenvalue weighted by Gasteiger charge is -2.26. The van der Waals surface area contributed by atoms with Gasteiger partial charge in [0.15, 0.2) is 0 Å². The minimum atomic E-state index is -0.873. The third kappa shape index (κ3) is 1.95. The molecular weight excluding hydrogens is 202 g/mol. The second-order valence-electron chi connectivity index (χ2n) is 4.86. The number of aliphatic carboxylic acids is 1. The minimum absolute atomic E-state index is 0.169. The highest BCUT2D eigenvalue weighted by Gasteiger charge is 2.32. The minimum Gasteiger partial charge on any atom is -0.480 e. The lowest BCUT2D eigenvalue weighted by molar-refractivity contribution is -0.143. The van der Waals surface area contributed by atoms with Crippen molar-refractivity contribution in [3.63, 3.8) is 0 Å². The molecule has 0 radical (unpaired) electrons. The number of carboxylic acids is 1. The Bertz CT molecular complexity index is 412. The van der Waals surface area contributed by atoms with Crippen LogP contribution in [0.5, 0.6) is 0 Å². The molecule has 1 aromatic rings. The number of hydrogen-bond acceptors (Lipinski definition) is 2. The van der Waals surface area contributed by atoms with Gasteiger partial charge >= 0.3 is 5.97 Å². The SMILES string of the molecule is CC(C)(NC1CCc2ccccc21)C(=O)O. The molecule has 1 aliphatic carbocycles. The molecule has 0 heterocycles. The zero-order chi connectivity index (χ0) is 11.8. The molecule has 86 valence electrons. The van der Waals surface area contributed by atoms with Crippen molar-refractivity contribution in [2.24, 2.45) is 0 Å². The van der Waals surface area contributed by atoms with E-state index < -0.39 is 11.5 Å². The molecular formula is C13H17NO2. The van der Waals surface area contributed by atoms with E-state index in [0.717, 1.165) is 12.8 Å². The quantitative estimate of drug-likeness (QED) is 0.818. The van der Waals surface area contributed by atoms with Crippen molar-refractivity contribution in [3.8, 4) is 0 Å². The first-order chi connectivity index (χ1) is 7.50. The van der Waals surface area contributed by atoms with Gasteiger partial charge in [0, 0.05) is 6.04 Å². The van der Waals surface area contributed by atoms with E-state index in [1.54, 1.807) is 13.8 Å². The highest BCUT2D eigenvalue weighted by molar-refractivity contribution is 5.77. The van der Waals surface area contributed by atoms with Gasteiger partial charge in [-0.15, -0.1) is 0 Å². The van der Waals surface area contributed by atoms with Gasteiger partial charge < -0.3 is 5.11 Å². The first kappa shape index (κ1) is 11.1. The van der Waals surface area contributed by atoms with Gasteiger partial charge in [-0.05, 0) is 37.8 Å². The summed E-state index contributed by atoms with van der Waals surface area (Å²) in [5, 5.41) is 12.3. The Balaban J connectivity index is 2.18. The van der Waals surface area contributed by atoms with E-state index in [0.29, 0.717) is 0 Å². The Labute approximate surface area is 95.5 Å². The summed E-state index contributed by atoms with van der Waals surface area (Å²) in [6.07, 6.45) is 2.01. The molecule has 0 saturated heterocycles. The highest BCUT2D eigenvalue weighted by atomic mass is 16.4. The standard InChI is InChI=1S/C13H17NO2/c1-13(2,12(15)16)14-11-8-7-9-5-3-4-6-10(9)11/h3-6,11,14H,7-8H2,1-2H3,(H,15,16). The zero-order valence-corrected chi connectivity index (χ0v) is 9.66. The fourth-order valence-corrected chi connectivity index (χ4v) is 2.20. The van der Waals surface area contributed by atoms with Crippen molar-refractivity contribution in [2.75, 3.05) is 0 Å². The van der Waals surface area contributed by atoms with Crippen molar-refractivity contribution in [1.29, 1.82) is 0 Å². The monoisotopic (exact) mass is 219 g/mol. The van der Waals surface area contributed by atoms with Crippen LogP contribution in [0.25, 0.3) is 0 Å². The summed E-state index contributed by atoms with van der Waals surface area (Å²) in [5.41, 5.74) is 1.71. The molecule has 0 aliphatic heterocycles. The van der Waals surface area contributed by atoms with Gasteiger partial charge in [-0.1, -0.05) is 24.3 Å². The Morgan fingerprint density at radius 1 is 1.44 bits per heavy atom. The average molecular weight is 219 g/mol. The van der Waals surface area contributed by atoms with E-state index in [1.165, 1.54) is 11.1 Å². The maximum atomic E-state index is 11.1.